The molecule has 1 aliphatic heterocycles. The number of likely N-dealkylation sites (tertiary alicyclic amines) is 1. The summed E-state index contributed by atoms with van der Waals surface area (Å²) in [6, 6.07) is 6.41. The van der Waals surface area contributed by atoms with Gasteiger partial charge in [-0.3, -0.25) is 4.90 Å². The molecule has 1 N–H and O–H groups in total. The number of methoxy groups -OCH3 is 1. The topological polar surface area (TPSA) is 76.1 Å². The lowest BCUT2D eigenvalue weighted by atomic mass is 9.83. The maximum absolute atomic E-state index is 12.4. The van der Waals surface area contributed by atoms with E-state index in [2.05, 4.69) is 0 Å². The van der Waals surface area contributed by atoms with Crippen LogP contribution < -0.4 is 4.74 Å². The van der Waals surface area contributed by atoms with Gasteiger partial charge in [-0.1, -0.05) is 12.1 Å². The number of carbonyl (C=O) groups is 2. The van der Waals surface area contributed by atoms with Crippen molar-refractivity contribution in [2.75, 3.05) is 13.7 Å². The molecule has 2 rings (SSSR count). The van der Waals surface area contributed by atoms with Gasteiger partial charge < -0.3 is 14.6 Å². The molecule has 1 saturated heterocycles. The van der Waals surface area contributed by atoms with E-state index >= 15 is 0 Å². The number of carboxylic acids is 1. The zero-order valence-corrected chi connectivity index (χ0v) is 14.6. The Morgan fingerprint density at radius 3 is 2.58 bits per heavy atom. The maximum Gasteiger partial charge on any atom is 0.411 e. The van der Waals surface area contributed by atoms with Crippen LogP contribution in [0.25, 0.3) is 0 Å². The number of carbonyl (C=O) groups excluding carboxylic acids is 1. The molecule has 6 nitrogen and oxygen atoms in total. The lowest BCUT2D eigenvalue weighted by Gasteiger charge is -2.39. The summed E-state index contributed by atoms with van der Waals surface area (Å²) in [5.74, 6) is -0.640. The van der Waals surface area contributed by atoms with Crippen molar-refractivity contribution in [3.05, 3.63) is 29.8 Å². The highest BCUT2D eigenvalue weighted by Gasteiger charge is 2.41. The van der Waals surface area contributed by atoms with E-state index in [1.165, 1.54) is 4.90 Å². The van der Waals surface area contributed by atoms with E-state index in [4.69, 9.17) is 9.47 Å². The minimum Gasteiger partial charge on any atom is -0.497 e. The highest BCUT2D eigenvalue weighted by Crippen LogP contribution is 2.35. The molecule has 0 unspecified atom stereocenters. The van der Waals surface area contributed by atoms with Crippen molar-refractivity contribution in [1.29, 1.82) is 0 Å². The first-order chi connectivity index (χ1) is 11.2. The van der Waals surface area contributed by atoms with Crippen LogP contribution in [0.5, 0.6) is 5.75 Å². The maximum atomic E-state index is 12.4. The molecule has 1 heterocycles. The zero-order valence-electron chi connectivity index (χ0n) is 14.6. The Morgan fingerprint density at radius 2 is 2.00 bits per heavy atom. The molecule has 1 aliphatic rings. The van der Waals surface area contributed by atoms with E-state index in [9.17, 15) is 14.7 Å². The Morgan fingerprint density at radius 1 is 1.29 bits per heavy atom. The fraction of sp³-hybridized carbons (Fsp3) is 0.556. The second-order valence-corrected chi connectivity index (χ2v) is 6.98. The average molecular weight is 335 g/mol. The molecule has 132 valence electrons. The van der Waals surface area contributed by atoms with Gasteiger partial charge in [0.15, 0.2) is 0 Å². The van der Waals surface area contributed by atoms with E-state index < -0.39 is 23.7 Å². The Balaban J connectivity index is 2.31. The van der Waals surface area contributed by atoms with Crippen molar-refractivity contribution in [1.82, 2.24) is 4.90 Å². The van der Waals surface area contributed by atoms with Crippen molar-refractivity contribution < 1.29 is 24.2 Å². The summed E-state index contributed by atoms with van der Waals surface area (Å²) in [5, 5.41) is 9.73. The standard InChI is InChI=1S/C18H25NO5/c1-18(2,3)24-17(22)19-10-6-9-14(15(19)16(20)21)12-7-5-8-13(11-12)23-4/h5,7-8,11,14-15H,6,9-10H2,1-4H3,(H,20,21)/t14-,15+/m0/s1. The molecule has 0 bridgehead atoms. The number of carboxylic acid groups (broad SMARTS) is 1. The number of ether oxygens (including phenoxy) is 2. The summed E-state index contributed by atoms with van der Waals surface area (Å²) in [6.45, 7) is 5.69. The summed E-state index contributed by atoms with van der Waals surface area (Å²) in [4.78, 5) is 25.7. The minimum atomic E-state index is -1.02. The Kier molecular flexibility index (Phi) is 5.36. The first kappa shape index (κ1) is 18.1. The van der Waals surface area contributed by atoms with Crippen molar-refractivity contribution in [3.8, 4) is 5.75 Å². The van der Waals surface area contributed by atoms with Gasteiger partial charge in [0.05, 0.1) is 7.11 Å². The fourth-order valence-corrected chi connectivity index (χ4v) is 3.05. The number of amides is 1. The third-order valence-electron chi connectivity index (χ3n) is 4.03. The quantitative estimate of drug-likeness (QED) is 0.917. The molecule has 0 saturated carbocycles. The summed E-state index contributed by atoms with van der Waals surface area (Å²) >= 11 is 0. The van der Waals surface area contributed by atoms with Gasteiger partial charge in [0.25, 0.3) is 0 Å². The van der Waals surface area contributed by atoms with Gasteiger partial charge in [0.1, 0.15) is 17.4 Å². The lowest BCUT2D eigenvalue weighted by molar-refractivity contribution is -0.145. The monoisotopic (exact) mass is 335 g/mol. The van der Waals surface area contributed by atoms with Crippen LogP contribution >= 0.6 is 0 Å². The van der Waals surface area contributed by atoms with Gasteiger partial charge in [-0.2, -0.15) is 0 Å². The smallest absolute Gasteiger partial charge is 0.411 e. The average Bonchev–Trinajstić information content (AvgIpc) is 2.52. The SMILES string of the molecule is COc1cccc([C@@H]2CCCN(C(=O)OC(C)(C)C)[C@H]2C(=O)O)c1. The fourth-order valence-electron chi connectivity index (χ4n) is 3.05. The number of hydrogen-bond donors (Lipinski definition) is 1. The molecule has 1 amide bonds. The molecular weight excluding hydrogens is 310 g/mol. The predicted molar refractivity (Wildman–Crippen MR) is 89.3 cm³/mol. The molecular formula is C18H25NO5. The van der Waals surface area contributed by atoms with E-state index in [1.807, 2.05) is 24.3 Å². The second-order valence-electron chi connectivity index (χ2n) is 6.98. The molecule has 2 atom stereocenters. The van der Waals surface area contributed by atoms with Crippen LogP contribution in [0.15, 0.2) is 24.3 Å². The Bertz CT molecular complexity index is 608. The third-order valence-corrected chi connectivity index (χ3v) is 4.03. The Labute approximate surface area is 142 Å². The number of hydrogen-bond acceptors (Lipinski definition) is 4. The predicted octanol–water partition coefficient (Wildman–Crippen LogP) is 3.26. The van der Waals surface area contributed by atoms with Crippen molar-refractivity contribution >= 4 is 12.1 Å². The first-order valence-electron chi connectivity index (χ1n) is 8.09. The van der Waals surface area contributed by atoms with Gasteiger partial charge in [0.2, 0.25) is 0 Å². The van der Waals surface area contributed by atoms with Crippen LogP contribution in [0.1, 0.15) is 45.1 Å². The summed E-state index contributed by atoms with van der Waals surface area (Å²) in [5.41, 5.74) is 0.193. The van der Waals surface area contributed by atoms with E-state index in [0.29, 0.717) is 18.7 Å². The molecule has 0 aliphatic carbocycles. The molecule has 1 aromatic rings. The van der Waals surface area contributed by atoms with Gasteiger partial charge >= 0.3 is 12.1 Å². The van der Waals surface area contributed by atoms with Crippen molar-refractivity contribution in [2.24, 2.45) is 0 Å². The summed E-state index contributed by atoms with van der Waals surface area (Å²) in [6.07, 6.45) is 0.844. The van der Waals surface area contributed by atoms with Gasteiger partial charge in [-0.25, -0.2) is 9.59 Å². The molecule has 0 radical (unpaired) electrons. The van der Waals surface area contributed by atoms with Gasteiger partial charge in [0, 0.05) is 12.5 Å². The number of aliphatic carboxylic acids is 1. The highest BCUT2D eigenvalue weighted by atomic mass is 16.6. The van der Waals surface area contributed by atoms with Gasteiger partial charge in [-0.15, -0.1) is 0 Å². The lowest BCUT2D eigenvalue weighted by Crippen LogP contribution is -2.53. The number of benzene rings is 1. The van der Waals surface area contributed by atoms with Gasteiger partial charge in [-0.05, 0) is 51.3 Å². The highest BCUT2D eigenvalue weighted by molar-refractivity contribution is 5.81. The van der Waals surface area contributed by atoms with E-state index in [0.717, 1.165) is 12.0 Å². The summed E-state index contributed by atoms with van der Waals surface area (Å²) < 4.78 is 10.6. The third kappa shape index (κ3) is 4.19. The molecule has 0 spiro atoms. The van der Waals surface area contributed by atoms with Crippen molar-refractivity contribution in [2.45, 2.75) is 51.2 Å². The van der Waals surface area contributed by atoms with Crippen molar-refractivity contribution in [3.63, 3.8) is 0 Å². The van der Waals surface area contributed by atoms with Crippen LogP contribution in [0.3, 0.4) is 0 Å². The molecule has 1 aromatic carbocycles. The second kappa shape index (κ2) is 7.11. The minimum absolute atomic E-state index is 0.293. The van der Waals surface area contributed by atoms with Crippen LogP contribution in [0.4, 0.5) is 4.79 Å². The molecule has 6 heteroatoms. The van der Waals surface area contributed by atoms with Crippen LogP contribution in [0, 0.1) is 0 Å². The molecule has 0 aromatic heterocycles. The van der Waals surface area contributed by atoms with Crippen LogP contribution in [0.2, 0.25) is 0 Å². The Hall–Kier alpha value is -2.24. The number of rotatable bonds is 3. The van der Waals surface area contributed by atoms with Crippen LogP contribution in [-0.2, 0) is 9.53 Å². The number of piperidine rings is 1. The molecule has 1 fully saturated rings. The zero-order chi connectivity index (χ0) is 17.9. The largest absolute Gasteiger partial charge is 0.497 e. The summed E-state index contributed by atoms with van der Waals surface area (Å²) in [7, 11) is 1.57. The normalized spacial score (nSPS) is 21.2. The van der Waals surface area contributed by atoms with E-state index in [-0.39, 0.29) is 5.92 Å². The van der Waals surface area contributed by atoms with Crippen LogP contribution in [-0.4, -0.2) is 47.4 Å². The first-order valence-corrected chi connectivity index (χ1v) is 8.09. The number of nitrogens with zero attached hydrogens (tertiary/aromatic N) is 1. The van der Waals surface area contributed by atoms with E-state index in [1.54, 1.807) is 27.9 Å². The molecule has 24 heavy (non-hydrogen) atoms.